The molecule has 10 N–H and O–H groups in total. The first kappa shape index (κ1) is 28.6. The summed E-state index contributed by atoms with van der Waals surface area (Å²) in [4.78, 5) is 59.3. The molecule has 0 radical (unpaired) electrons. The fourth-order valence-corrected chi connectivity index (χ4v) is 2.81. The van der Waals surface area contributed by atoms with Crippen LogP contribution in [-0.4, -0.2) is 93.8 Å². The SMILES string of the molecule is CSCCC(N)C(=O)NC(CCC(N)=O)C(=O)NC(C(=O)NC(CO)C(=O)O)C(C)O. The van der Waals surface area contributed by atoms with Gasteiger partial charge in [-0.25, -0.2) is 4.79 Å². The summed E-state index contributed by atoms with van der Waals surface area (Å²) in [7, 11) is 0. The topological polar surface area (TPSA) is 234 Å². The summed E-state index contributed by atoms with van der Waals surface area (Å²) in [6.45, 7) is 0.265. The van der Waals surface area contributed by atoms with Gasteiger partial charge in [0.05, 0.1) is 18.8 Å². The van der Waals surface area contributed by atoms with Crippen LogP contribution in [0.3, 0.4) is 0 Å². The zero-order valence-electron chi connectivity index (χ0n) is 17.4. The molecule has 0 saturated carbocycles. The van der Waals surface area contributed by atoms with Gasteiger partial charge >= 0.3 is 5.97 Å². The van der Waals surface area contributed by atoms with Gasteiger partial charge in [-0.1, -0.05) is 0 Å². The van der Waals surface area contributed by atoms with E-state index in [0.717, 1.165) is 0 Å². The van der Waals surface area contributed by atoms with Crippen molar-refractivity contribution < 1.29 is 39.3 Å². The molecule has 178 valence electrons. The van der Waals surface area contributed by atoms with Crippen molar-refractivity contribution in [3.63, 3.8) is 0 Å². The zero-order chi connectivity index (χ0) is 24.1. The second kappa shape index (κ2) is 14.6. The molecule has 0 aromatic carbocycles. The van der Waals surface area contributed by atoms with E-state index >= 15 is 0 Å². The second-order valence-electron chi connectivity index (χ2n) is 6.76. The first-order chi connectivity index (χ1) is 14.4. The minimum absolute atomic E-state index is 0.190. The fraction of sp³-hybridized carbons (Fsp3) is 0.706. The number of nitrogens with one attached hydrogen (secondary N) is 3. The molecular weight excluding hydrogens is 434 g/mol. The average Bonchev–Trinajstić information content (AvgIpc) is 2.69. The highest BCUT2D eigenvalue weighted by Gasteiger charge is 2.32. The van der Waals surface area contributed by atoms with Crippen LogP contribution in [-0.2, 0) is 24.0 Å². The van der Waals surface area contributed by atoms with E-state index in [0.29, 0.717) is 12.2 Å². The lowest BCUT2D eigenvalue weighted by Crippen LogP contribution is -2.60. The highest BCUT2D eigenvalue weighted by atomic mass is 32.2. The van der Waals surface area contributed by atoms with Gasteiger partial charge in [0, 0.05) is 6.42 Å². The predicted octanol–water partition coefficient (Wildman–Crippen LogP) is -3.76. The fourth-order valence-electron chi connectivity index (χ4n) is 2.32. The Balaban J connectivity index is 5.35. The number of aliphatic hydroxyl groups excluding tert-OH is 2. The molecule has 0 aliphatic carbocycles. The molecule has 0 aromatic heterocycles. The third-order valence-corrected chi connectivity index (χ3v) is 4.79. The van der Waals surface area contributed by atoms with Crippen molar-refractivity contribution in [1.29, 1.82) is 0 Å². The summed E-state index contributed by atoms with van der Waals surface area (Å²) in [6, 6.07) is -5.44. The summed E-state index contributed by atoms with van der Waals surface area (Å²) in [6.07, 6.45) is 0.280. The third-order valence-electron chi connectivity index (χ3n) is 4.14. The largest absolute Gasteiger partial charge is 0.480 e. The average molecular weight is 466 g/mol. The van der Waals surface area contributed by atoms with Crippen molar-refractivity contribution in [2.45, 2.75) is 56.5 Å². The Bertz CT molecular complexity index is 648. The molecule has 4 amide bonds. The number of primary amides is 1. The van der Waals surface area contributed by atoms with E-state index in [1.54, 1.807) is 0 Å². The van der Waals surface area contributed by atoms with Crippen LogP contribution in [0.25, 0.3) is 0 Å². The molecule has 0 aromatic rings. The Labute approximate surface area is 183 Å². The summed E-state index contributed by atoms with van der Waals surface area (Å²) in [5, 5.41) is 34.4. The van der Waals surface area contributed by atoms with Gasteiger partial charge in [0.1, 0.15) is 18.1 Å². The Hall–Kier alpha value is -2.42. The maximum atomic E-state index is 12.7. The Morgan fingerprint density at radius 3 is 2.00 bits per heavy atom. The quantitative estimate of drug-likeness (QED) is 0.118. The lowest BCUT2D eigenvalue weighted by atomic mass is 10.1. The van der Waals surface area contributed by atoms with E-state index in [1.807, 2.05) is 11.6 Å². The van der Waals surface area contributed by atoms with Crippen molar-refractivity contribution in [3.8, 4) is 0 Å². The number of amides is 4. The number of carbonyl (C=O) groups is 5. The molecule has 5 unspecified atom stereocenters. The van der Waals surface area contributed by atoms with Crippen LogP contribution in [0.15, 0.2) is 0 Å². The normalized spacial score (nSPS) is 15.6. The zero-order valence-corrected chi connectivity index (χ0v) is 18.2. The first-order valence-corrected chi connectivity index (χ1v) is 10.8. The monoisotopic (exact) mass is 465 g/mol. The Morgan fingerprint density at radius 1 is 0.968 bits per heavy atom. The van der Waals surface area contributed by atoms with Gasteiger partial charge in [0.25, 0.3) is 0 Å². The number of thioether (sulfide) groups is 1. The lowest BCUT2D eigenvalue weighted by molar-refractivity contribution is -0.144. The summed E-state index contributed by atoms with van der Waals surface area (Å²) in [5.74, 6) is -4.27. The molecule has 0 spiro atoms. The van der Waals surface area contributed by atoms with E-state index in [9.17, 15) is 29.1 Å². The molecule has 14 heteroatoms. The van der Waals surface area contributed by atoms with Crippen LogP contribution < -0.4 is 27.4 Å². The number of nitrogens with two attached hydrogens (primary N) is 2. The smallest absolute Gasteiger partial charge is 0.328 e. The van der Waals surface area contributed by atoms with E-state index in [-0.39, 0.29) is 12.8 Å². The van der Waals surface area contributed by atoms with Gasteiger partial charge < -0.3 is 42.7 Å². The maximum Gasteiger partial charge on any atom is 0.328 e. The molecule has 0 aliphatic rings. The van der Waals surface area contributed by atoms with E-state index in [4.69, 9.17) is 21.7 Å². The van der Waals surface area contributed by atoms with Crippen molar-refractivity contribution in [2.75, 3.05) is 18.6 Å². The number of aliphatic hydroxyl groups is 2. The van der Waals surface area contributed by atoms with Gasteiger partial charge in [0.15, 0.2) is 0 Å². The number of hydrogen-bond donors (Lipinski definition) is 8. The van der Waals surface area contributed by atoms with E-state index < -0.39 is 66.5 Å². The van der Waals surface area contributed by atoms with Crippen LogP contribution >= 0.6 is 11.8 Å². The summed E-state index contributed by atoms with van der Waals surface area (Å²) >= 11 is 1.48. The number of hydrogen-bond acceptors (Lipinski definition) is 9. The number of carboxylic acids is 1. The summed E-state index contributed by atoms with van der Waals surface area (Å²) < 4.78 is 0. The van der Waals surface area contributed by atoms with Crippen LogP contribution in [0, 0.1) is 0 Å². The Morgan fingerprint density at radius 2 is 1.55 bits per heavy atom. The molecule has 0 rings (SSSR count). The van der Waals surface area contributed by atoms with Crippen molar-refractivity contribution >= 4 is 41.4 Å². The van der Waals surface area contributed by atoms with Crippen LogP contribution in [0.2, 0.25) is 0 Å². The van der Waals surface area contributed by atoms with Crippen molar-refractivity contribution in [3.05, 3.63) is 0 Å². The lowest BCUT2D eigenvalue weighted by Gasteiger charge is -2.26. The van der Waals surface area contributed by atoms with E-state index in [1.165, 1.54) is 18.7 Å². The molecule has 0 aliphatic heterocycles. The Kier molecular flexibility index (Phi) is 13.4. The molecule has 0 bridgehead atoms. The maximum absolute atomic E-state index is 12.7. The predicted molar refractivity (Wildman–Crippen MR) is 112 cm³/mol. The number of carboxylic acid groups (broad SMARTS) is 1. The number of rotatable bonds is 15. The second-order valence-corrected chi connectivity index (χ2v) is 7.75. The van der Waals surface area contributed by atoms with Crippen molar-refractivity contribution in [1.82, 2.24) is 16.0 Å². The van der Waals surface area contributed by atoms with Crippen LogP contribution in [0.4, 0.5) is 0 Å². The van der Waals surface area contributed by atoms with Gasteiger partial charge in [-0.3, -0.25) is 19.2 Å². The molecule has 13 nitrogen and oxygen atoms in total. The number of aliphatic carboxylic acids is 1. The third kappa shape index (κ3) is 11.0. The minimum Gasteiger partial charge on any atom is -0.480 e. The van der Waals surface area contributed by atoms with Gasteiger partial charge in [0.2, 0.25) is 23.6 Å². The summed E-state index contributed by atoms with van der Waals surface area (Å²) in [5.41, 5.74) is 10.9. The van der Waals surface area contributed by atoms with Gasteiger partial charge in [-0.05, 0) is 31.8 Å². The standard InChI is InChI=1S/C17H31N5O8S/c1-8(24)13(16(28)21-11(7-23)17(29)30)22-15(27)10(3-4-12(19)25)20-14(26)9(18)5-6-31-2/h8-11,13,23-24H,3-7,18H2,1-2H3,(H2,19,25)(H,20,26)(H,21,28)(H,22,27)(H,29,30). The molecular formula is C17H31N5O8S. The molecule has 31 heavy (non-hydrogen) atoms. The molecule has 0 fully saturated rings. The van der Waals surface area contributed by atoms with Crippen LogP contribution in [0.1, 0.15) is 26.2 Å². The van der Waals surface area contributed by atoms with Gasteiger partial charge in [-0.15, -0.1) is 0 Å². The molecule has 0 saturated heterocycles. The molecule has 5 atom stereocenters. The highest BCUT2D eigenvalue weighted by Crippen LogP contribution is 2.04. The molecule has 0 heterocycles. The van der Waals surface area contributed by atoms with Crippen LogP contribution in [0.5, 0.6) is 0 Å². The highest BCUT2D eigenvalue weighted by molar-refractivity contribution is 7.98. The van der Waals surface area contributed by atoms with Gasteiger partial charge in [-0.2, -0.15) is 11.8 Å². The number of carbonyl (C=O) groups excluding carboxylic acids is 4. The first-order valence-electron chi connectivity index (χ1n) is 9.40. The van der Waals surface area contributed by atoms with Crippen molar-refractivity contribution in [2.24, 2.45) is 11.5 Å². The minimum atomic E-state index is -1.65. The van der Waals surface area contributed by atoms with E-state index in [2.05, 4.69) is 10.6 Å².